The van der Waals surface area contributed by atoms with E-state index in [1.165, 1.54) is 0 Å². The fraction of sp³-hybridized carbons (Fsp3) is 0.808. The summed E-state index contributed by atoms with van der Waals surface area (Å²) in [6.45, 7) is -4.33. The molecule has 5 aliphatic heterocycles. The van der Waals surface area contributed by atoms with Crippen molar-refractivity contribution in [2.75, 3.05) is 44.1 Å². The van der Waals surface area contributed by atoms with Gasteiger partial charge in [0.1, 0.15) is 110 Å². The van der Waals surface area contributed by atoms with Gasteiger partial charge in [-0.3, -0.25) is 9.59 Å². The van der Waals surface area contributed by atoms with Gasteiger partial charge < -0.3 is 146 Å². The van der Waals surface area contributed by atoms with E-state index < -0.39 is 210 Å². The molecule has 5 heterocycles. The Morgan fingerprint density at radius 1 is 0.791 bits per heavy atom. The lowest BCUT2D eigenvalue weighted by Gasteiger charge is -2.49. The minimum absolute atomic E-state index is 0. The molecule has 0 bridgehead atoms. The van der Waals surface area contributed by atoms with Crippen molar-refractivity contribution in [3.8, 4) is 0 Å². The number of rotatable bonds is 31. The molecule has 0 spiro atoms. The molecular weight excluding hydrogens is 1190 g/mol. The standard InChI is InChI=1S/C52H82N2O29S2.H3N/c1-22(60)53-35-40(70)46(81-49-42(72)41(71)38(68)33(79-49)21-76-52(51(74)75)16-28(62)26(11-13-55)44(83-52)37(67)29(63)17-56)32(20-59)78-48(35)82-47-39(69)31(19-58)77-50(43(47)73)80-45(30(64)18-57)36(66)27(61)10-9-23-5-4-6-24(15-23)54-34(65)8-3-2-7-25-12-14-84-85-25;/h4-6,13,15,25-33,35-50,56-59,61-64,66-73H,2-3,7-12,14,16-21H2,1H3,(H,53,60)(H,54,65)(H,74,75);1H3. The molecule has 1 aromatic carbocycles. The van der Waals surface area contributed by atoms with Gasteiger partial charge in [-0.2, -0.15) is 0 Å². The maximum atomic E-state index is 12.8. The Hall–Kier alpha value is -3.00. The molecule has 494 valence electrons. The molecule has 26 unspecified atom stereocenters. The molecule has 0 aromatic heterocycles. The zero-order chi connectivity index (χ0) is 62.4. The summed E-state index contributed by atoms with van der Waals surface area (Å²) < 4.78 is 46.0. The molecule has 34 heteroatoms. The van der Waals surface area contributed by atoms with E-state index in [2.05, 4.69) is 10.6 Å². The van der Waals surface area contributed by atoms with E-state index in [1.807, 2.05) is 21.6 Å². The topological polar surface area (TPSA) is 545 Å². The Labute approximate surface area is 501 Å². The number of hydrogen-bond donors (Lipinski definition) is 20. The summed E-state index contributed by atoms with van der Waals surface area (Å²) in [6, 6.07) is 4.95. The molecule has 22 N–H and O–H groups in total. The van der Waals surface area contributed by atoms with Crippen molar-refractivity contribution in [1.82, 2.24) is 11.5 Å². The Balaban J connectivity index is 0.0000135. The van der Waals surface area contributed by atoms with Crippen molar-refractivity contribution in [3.05, 3.63) is 29.8 Å². The van der Waals surface area contributed by atoms with E-state index in [-0.39, 0.29) is 24.9 Å². The normalized spacial score (nSPS) is 37.0. The largest absolute Gasteiger partial charge is 0.477 e. The minimum atomic E-state index is -2.93. The molecule has 0 saturated carbocycles. The van der Waals surface area contributed by atoms with Crippen LogP contribution in [0.15, 0.2) is 24.3 Å². The van der Waals surface area contributed by atoms with Gasteiger partial charge in [-0.1, -0.05) is 40.1 Å². The van der Waals surface area contributed by atoms with E-state index in [9.17, 15) is 106 Å². The maximum absolute atomic E-state index is 12.8. The van der Waals surface area contributed by atoms with Crippen molar-refractivity contribution in [3.63, 3.8) is 0 Å². The van der Waals surface area contributed by atoms with E-state index in [0.717, 1.165) is 38.4 Å². The Kier molecular flexibility index (Phi) is 29.5. The number of ether oxygens (including phenoxy) is 8. The number of unbranched alkanes of at least 4 members (excludes halogenated alkanes) is 1. The van der Waals surface area contributed by atoms with Crippen LogP contribution in [0.1, 0.15) is 63.9 Å². The van der Waals surface area contributed by atoms with Gasteiger partial charge in [0.25, 0.3) is 5.79 Å². The summed E-state index contributed by atoms with van der Waals surface area (Å²) in [4.78, 5) is 49.6. The van der Waals surface area contributed by atoms with Gasteiger partial charge >= 0.3 is 5.97 Å². The first-order chi connectivity index (χ1) is 40.4. The second-order valence-electron chi connectivity index (χ2n) is 21.7. The number of benzene rings is 1. The van der Waals surface area contributed by atoms with E-state index in [1.54, 1.807) is 24.3 Å². The molecule has 0 aliphatic carbocycles. The molecular formula is C52H85N3O29S2. The molecule has 32 nitrogen and oxygen atoms in total. The third-order valence-electron chi connectivity index (χ3n) is 15.5. The first-order valence-corrected chi connectivity index (χ1v) is 30.3. The number of aliphatic carboxylic acids is 1. The highest BCUT2D eigenvalue weighted by molar-refractivity contribution is 8.77. The summed E-state index contributed by atoms with van der Waals surface area (Å²) in [5.74, 6) is -6.10. The van der Waals surface area contributed by atoms with Crippen LogP contribution in [0.2, 0.25) is 0 Å². The summed E-state index contributed by atoms with van der Waals surface area (Å²) in [6.07, 6.45) is -40.7. The van der Waals surface area contributed by atoms with Gasteiger partial charge in [-0.05, 0) is 49.8 Å². The number of amides is 2. The highest BCUT2D eigenvalue weighted by atomic mass is 33.1. The van der Waals surface area contributed by atoms with Crippen LogP contribution in [0, 0.1) is 5.92 Å². The van der Waals surface area contributed by atoms with Gasteiger partial charge in [0, 0.05) is 48.8 Å². The SMILES string of the molecule is CC(=O)NC1C(OC2C(O)C(CO)OC(OC(C(O)CO)C(O)C(O)CCc3cccc(NC(=O)CCCCC4CCSS4)c3)C2O)OC(CO)C(OC2OC(COC3(C(=O)O)CC(O)C(CC=O)C(C(O)C(O)CO)O3)C(O)C(O)C2O)C1O.N. The smallest absolute Gasteiger partial charge is 0.364 e. The lowest BCUT2D eigenvalue weighted by Crippen LogP contribution is -2.69. The van der Waals surface area contributed by atoms with Crippen LogP contribution in [-0.4, -0.2) is 302 Å². The predicted octanol–water partition coefficient (Wildman–Crippen LogP) is -6.64. The number of anilines is 1. The number of aldehydes is 1. The van der Waals surface area contributed by atoms with E-state index in [0.29, 0.717) is 29.2 Å². The molecule has 2 amide bonds. The summed E-state index contributed by atoms with van der Waals surface area (Å²) >= 11 is 0. The molecule has 1 aromatic rings. The molecule has 5 aliphatic rings. The monoisotopic (exact) mass is 1280 g/mol. The van der Waals surface area contributed by atoms with Crippen LogP contribution in [0.4, 0.5) is 5.69 Å². The Bertz CT molecular complexity index is 2250. The van der Waals surface area contributed by atoms with Gasteiger partial charge in [0.2, 0.25) is 11.8 Å². The first-order valence-electron chi connectivity index (χ1n) is 27.9. The molecule has 5 saturated heterocycles. The van der Waals surface area contributed by atoms with Crippen LogP contribution < -0.4 is 16.8 Å². The highest BCUT2D eigenvalue weighted by Crippen LogP contribution is 2.41. The minimum Gasteiger partial charge on any atom is -0.477 e. The van der Waals surface area contributed by atoms with E-state index >= 15 is 0 Å². The number of aliphatic hydroxyl groups is 16. The maximum Gasteiger partial charge on any atom is 0.364 e. The Morgan fingerprint density at radius 2 is 1.47 bits per heavy atom. The summed E-state index contributed by atoms with van der Waals surface area (Å²) in [7, 11) is 3.75. The fourth-order valence-corrected chi connectivity index (χ4v) is 13.7. The zero-order valence-corrected chi connectivity index (χ0v) is 48.6. The van der Waals surface area contributed by atoms with Crippen LogP contribution in [-0.2, 0) is 63.5 Å². The van der Waals surface area contributed by atoms with Crippen LogP contribution in [0.25, 0.3) is 0 Å². The number of aliphatic hydroxyl groups excluding tert-OH is 16. The second-order valence-corrected chi connectivity index (χ2v) is 24.5. The summed E-state index contributed by atoms with van der Waals surface area (Å²) in [5, 5.41) is 190. The van der Waals surface area contributed by atoms with Crippen molar-refractivity contribution in [1.29, 1.82) is 0 Å². The number of carboxylic acids is 1. The van der Waals surface area contributed by atoms with Gasteiger partial charge in [-0.25, -0.2) is 4.79 Å². The third kappa shape index (κ3) is 18.6. The number of hydrogen-bond acceptors (Lipinski definition) is 31. The lowest BCUT2D eigenvalue weighted by atomic mass is 9.81. The van der Waals surface area contributed by atoms with Crippen molar-refractivity contribution < 1.29 is 144 Å². The number of carbonyl (C=O) groups excluding carboxylic acids is 3. The van der Waals surface area contributed by atoms with Gasteiger partial charge in [-0.15, -0.1) is 0 Å². The van der Waals surface area contributed by atoms with E-state index in [4.69, 9.17) is 37.9 Å². The molecule has 26 atom stereocenters. The Morgan fingerprint density at radius 3 is 2.09 bits per heavy atom. The number of carbonyl (C=O) groups is 4. The lowest BCUT2D eigenvalue weighted by molar-refractivity contribution is -0.376. The van der Waals surface area contributed by atoms with Crippen molar-refractivity contribution in [2.24, 2.45) is 5.92 Å². The van der Waals surface area contributed by atoms with Crippen LogP contribution in [0.5, 0.6) is 0 Å². The third-order valence-corrected chi connectivity index (χ3v) is 18.6. The number of aryl methyl sites for hydroxylation is 1. The zero-order valence-electron chi connectivity index (χ0n) is 47.0. The number of carboxylic acid groups (broad SMARTS) is 1. The number of nitrogens with one attached hydrogen (secondary N) is 2. The van der Waals surface area contributed by atoms with Crippen LogP contribution >= 0.6 is 21.6 Å². The molecule has 0 radical (unpaired) electrons. The molecule has 6 rings (SSSR count). The summed E-state index contributed by atoms with van der Waals surface area (Å²) in [5.41, 5.74) is 1.14. The highest BCUT2D eigenvalue weighted by Gasteiger charge is 2.58. The molecule has 86 heavy (non-hydrogen) atoms. The quantitative estimate of drug-likeness (QED) is 0.0187. The first kappa shape index (κ1) is 73.7. The average Bonchev–Trinajstić information content (AvgIpc) is 1.15. The fourth-order valence-electron chi connectivity index (χ4n) is 10.7. The average molecular weight is 1280 g/mol. The van der Waals surface area contributed by atoms with Crippen molar-refractivity contribution >= 4 is 51.3 Å². The van der Waals surface area contributed by atoms with Gasteiger partial charge in [0.15, 0.2) is 18.9 Å². The van der Waals surface area contributed by atoms with Gasteiger partial charge in [0.05, 0.1) is 51.3 Å². The van der Waals surface area contributed by atoms with Crippen molar-refractivity contribution in [2.45, 2.75) is 217 Å². The predicted molar refractivity (Wildman–Crippen MR) is 294 cm³/mol. The van der Waals surface area contributed by atoms with Crippen LogP contribution in [0.3, 0.4) is 0 Å². The second kappa shape index (κ2) is 34.4. The molecule has 5 fully saturated rings.